The second kappa shape index (κ2) is 7.94. The van der Waals surface area contributed by atoms with Crippen LogP contribution in [0.3, 0.4) is 0 Å². The van der Waals surface area contributed by atoms with Gasteiger partial charge < -0.3 is 10.6 Å². The maximum atomic E-state index is 12.2. The van der Waals surface area contributed by atoms with E-state index in [0.29, 0.717) is 11.4 Å². The Morgan fingerprint density at radius 3 is 2.31 bits per heavy atom. The summed E-state index contributed by atoms with van der Waals surface area (Å²) in [4.78, 5) is 12.1. The van der Waals surface area contributed by atoms with Gasteiger partial charge in [0, 0.05) is 11.9 Å². The summed E-state index contributed by atoms with van der Waals surface area (Å²) in [7, 11) is -3.80. The Bertz CT molecular complexity index is 1050. The van der Waals surface area contributed by atoms with Crippen molar-refractivity contribution in [2.75, 3.05) is 10.6 Å². The molecule has 0 fully saturated rings. The summed E-state index contributed by atoms with van der Waals surface area (Å²) in [6, 6.07) is 15.5. The molecule has 0 saturated carbocycles. The molecule has 0 bridgehead atoms. The van der Waals surface area contributed by atoms with Crippen molar-refractivity contribution in [1.29, 1.82) is 10.5 Å². The second-order valence-electron chi connectivity index (χ2n) is 5.00. The molecule has 1 amide bonds. The van der Waals surface area contributed by atoms with Crippen LogP contribution in [0.4, 0.5) is 11.4 Å². The lowest BCUT2D eigenvalue weighted by Gasteiger charge is -2.07. The van der Waals surface area contributed by atoms with Crippen molar-refractivity contribution in [3.8, 4) is 12.1 Å². The van der Waals surface area contributed by atoms with Crippen molar-refractivity contribution in [3.63, 3.8) is 0 Å². The molecule has 2 aromatic carbocycles. The van der Waals surface area contributed by atoms with E-state index < -0.39 is 15.9 Å². The van der Waals surface area contributed by atoms with Gasteiger partial charge in [-0.1, -0.05) is 12.1 Å². The van der Waals surface area contributed by atoms with E-state index in [9.17, 15) is 13.2 Å². The molecule has 9 heteroatoms. The van der Waals surface area contributed by atoms with Crippen LogP contribution >= 0.6 is 0 Å². The number of nitriles is 2. The molecule has 0 saturated heterocycles. The highest BCUT2D eigenvalue weighted by Crippen LogP contribution is 2.16. The second-order valence-corrected chi connectivity index (χ2v) is 6.56. The van der Waals surface area contributed by atoms with Gasteiger partial charge in [-0.2, -0.15) is 10.5 Å². The van der Waals surface area contributed by atoms with E-state index in [0.717, 1.165) is 0 Å². The average Bonchev–Trinajstić information content (AvgIpc) is 2.62. The van der Waals surface area contributed by atoms with Crippen LogP contribution in [0.5, 0.6) is 0 Å². The first-order chi connectivity index (χ1) is 12.3. The van der Waals surface area contributed by atoms with Gasteiger partial charge in [0.2, 0.25) is 10.0 Å². The van der Waals surface area contributed by atoms with Crippen LogP contribution < -0.4 is 15.8 Å². The smallest absolute Gasteiger partial charge is 0.267 e. The topological polar surface area (TPSA) is 149 Å². The molecule has 0 aromatic heterocycles. The summed E-state index contributed by atoms with van der Waals surface area (Å²) in [5.41, 5.74) is 0.784. The highest BCUT2D eigenvalue weighted by atomic mass is 32.2. The van der Waals surface area contributed by atoms with Gasteiger partial charge in [-0.05, 0) is 36.4 Å². The maximum absolute atomic E-state index is 12.2. The Balaban J connectivity index is 2.14. The molecule has 26 heavy (non-hydrogen) atoms. The van der Waals surface area contributed by atoms with Crippen LogP contribution in [-0.2, 0) is 14.8 Å². The van der Waals surface area contributed by atoms with E-state index in [-0.39, 0.29) is 16.0 Å². The number of sulfonamides is 1. The Morgan fingerprint density at radius 1 is 1.08 bits per heavy atom. The normalized spacial score (nSPS) is 11.1. The summed E-state index contributed by atoms with van der Waals surface area (Å²) < 4.78 is 22.4. The van der Waals surface area contributed by atoms with Crippen molar-refractivity contribution in [2.45, 2.75) is 4.90 Å². The van der Waals surface area contributed by atoms with E-state index in [1.807, 2.05) is 6.07 Å². The summed E-state index contributed by atoms with van der Waals surface area (Å²) in [6.07, 6.45) is 1.18. The lowest BCUT2D eigenvalue weighted by atomic mass is 10.2. The van der Waals surface area contributed by atoms with Crippen molar-refractivity contribution < 1.29 is 13.2 Å². The monoisotopic (exact) mass is 367 g/mol. The number of amides is 1. The van der Waals surface area contributed by atoms with Gasteiger partial charge in [0.1, 0.15) is 17.7 Å². The molecule has 2 rings (SSSR count). The summed E-state index contributed by atoms with van der Waals surface area (Å²) in [5.74, 6) is -0.691. The minimum atomic E-state index is -3.80. The number of hydrogen-bond donors (Lipinski definition) is 3. The Labute approximate surface area is 150 Å². The quantitative estimate of drug-likeness (QED) is 0.540. The molecule has 0 aliphatic carbocycles. The van der Waals surface area contributed by atoms with Crippen LogP contribution in [0.15, 0.2) is 65.2 Å². The molecule has 4 N–H and O–H groups in total. The Kier molecular flexibility index (Phi) is 5.71. The third-order valence-corrected chi connectivity index (χ3v) is 4.16. The molecular formula is C17H13N5O3S. The molecule has 0 atom stereocenters. The molecule has 0 heterocycles. The fourth-order valence-electron chi connectivity index (χ4n) is 1.92. The zero-order valence-corrected chi connectivity index (χ0v) is 14.1. The molecule has 130 valence electrons. The fraction of sp³-hybridized carbons (Fsp3) is 0. The third-order valence-electron chi connectivity index (χ3n) is 3.23. The predicted octanol–water partition coefficient (Wildman–Crippen LogP) is 1.66. The molecule has 0 spiro atoms. The Hall–Kier alpha value is -3.66. The molecule has 0 unspecified atom stereocenters. The largest absolute Gasteiger partial charge is 0.360 e. The van der Waals surface area contributed by atoms with Gasteiger partial charge in [-0.3, -0.25) is 4.79 Å². The third kappa shape index (κ3) is 4.68. The highest BCUT2D eigenvalue weighted by molar-refractivity contribution is 7.89. The summed E-state index contributed by atoms with van der Waals surface area (Å²) in [5, 5.41) is 28.4. The number of benzene rings is 2. The van der Waals surface area contributed by atoms with Crippen molar-refractivity contribution in [2.24, 2.45) is 5.14 Å². The van der Waals surface area contributed by atoms with E-state index in [2.05, 4.69) is 10.6 Å². The van der Waals surface area contributed by atoms with Crippen LogP contribution in [0, 0.1) is 22.7 Å². The summed E-state index contributed by atoms with van der Waals surface area (Å²) in [6.45, 7) is 0. The number of nitrogens with one attached hydrogen (secondary N) is 2. The van der Waals surface area contributed by atoms with Crippen molar-refractivity contribution in [3.05, 3.63) is 65.9 Å². The minimum absolute atomic E-state index is 0.0570. The Morgan fingerprint density at radius 2 is 1.73 bits per heavy atom. The first kappa shape index (κ1) is 18.7. The molecule has 0 aliphatic heterocycles. The SMILES string of the molecule is N#C/C(=C/Nc1ccc(S(N)(=O)=O)cc1)C(=O)Nc1ccccc1C#N. The number of primary sulfonamides is 1. The number of rotatable bonds is 5. The zero-order valence-electron chi connectivity index (χ0n) is 13.3. The van der Waals surface area contributed by atoms with Gasteiger partial charge >= 0.3 is 0 Å². The number of carbonyl (C=O) groups excluding carboxylic acids is 1. The minimum Gasteiger partial charge on any atom is -0.360 e. The molecule has 0 aliphatic rings. The van der Waals surface area contributed by atoms with Crippen molar-refractivity contribution in [1.82, 2.24) is 0 Å². The number of para-hydroxylation sites is 1. The van der Waals surface area contributed by atoms with Gasteiger partial charge in [0.05, 0.1) is 16.1 Å². The van der Waals surface area contributed by atoms with E-state index >= 15 is 0 Å². The number of anilines is 2. The van der Waals surface area contributed by atoms with E-state index in [1.54, 1.807) is 24.3 Å². The highest BCUT2D eigenvalue weighted by Gasteiger charge is 2.12. The molecule has 8 nitrogen and oxygen atoms in total. The van der Waals surface area contributed by atoms with Crippen LogP contribution in [-0.4, -0.2) is 14.3 Å². The maximum Gasteiger partial charge on any atom is 0.267 e. The number of nitrogens with two attached hydrogens (primary N) is 1. The zero-order chi connectivity index (χ0) is 19.2. The predicted molar refractivity (Wildman–Crippen MR) is 94.9 cm³/mol. The summed E-state index contributed by atoms with van der Waals surface area (Å²) >= 11 is 0. The number of carbonyl (C=O) groups is 1. The van der Waals surface area contributed by atoms with Crippen LogP contribution in [0.2, 0.25) is 0 Å². The molecular weight excluding hydrogens is 354 g/mol. The number of nitrogens with zero attached hydrogens (tertiary/aromatic N) is 2. The van der Waals surface area contributed by atoms with Crippen LogP contribution in [0.1, 0.15) is 5.56 Å². The standard InChI is InChI=1S/C17H13N5O3S/c18-9-12-3-1-2-4-16(12)22-17(23)13(10-19)11-21-14-5-7-15(8-6-14)26(20,24)25/h1-8,11,21H,(H,22,23)(H2,20,24,25)/b13-11-. The lowest BCUT2D eigenvalue weighted by molar-refractivity contribution is -0.112. The van der Waals surface area contributed by atoms with E-state index in [1.165, 1.54) is 36.5 Å². The molecule has 0 radical (unpaired) electrons. The lowest BCUT2D eigenvalue weighted by Crippen LogP contribution is -2.15. The van der Waals surface area contributed by atoms with E-state index in [4.69, 9.17) is 15.7 Å². The van der Waals surface area contributed by atoms with Gasteiger partial charge in [-0.25, -0.2) is 13.6 Å². The molecule has 2 aromatic rings. The van der Waals surface area contributed by atoms with Gasteiger partial charge in [-0.15, -0.1) is 0 Å². The first-order valence-corrected chi connectivity index (χ1v) is 8.70. The van der Waals surface area contributed by atoms with Crippen LogP contribution in [0.25, 0.3) is 0 Å². The average molecular weight is 367 g/mol. The number of hydrogen-bond acceptors (Lipinski definition) is 6. The first-order valence-electron chi connectivity index (χ1n) is 7.15. The van der Waals surface area contributed by atoms with Gasteiger partial charge in [0.15, 0.2) is 0 Å². The van der Waals surface area contributed by atoms with Gasteiger partial charge in [0.25, 0.3) is 5.91 Å². The van der Waals surface area contributed by atoms with Crippen molar-refractivity contribution >= 4 is 27.3 Å². The fourth-order valence-corrected chi connectivity index (χ4v) is 2.44.